The van der Waals surface area contributed by atoms with E-state index in [1.54, 1.807) is 19.2 Å². The van der Waals surface area contributed by atoms with Crippen LogP contribution in [0.25, 0.3) is 0 Å². The maximum absolute atomic E-state index is 11.7. The molecule has 0 bridgehead atoms. The van der Waals surface area contributed by atoms with E-state index in [1.165, 1.54) is 6.20 Å². The maximum Gasteiger partial charge on any atom is 0.270 e. The average molecular weight is 224 g/mol. The lowest BCUT2D eigenvalue weighted by Gasteiger charge is -2.12. The SMILES string of the molecule is COCC(C)NC(=O)c1cc(NN)ccn1. The number of carbonyl (C=O) groups is 1. The molecule has 1 heterocycles. The Morgan fingerprint density at radius 2 is 2.44 bits per heavy atom. The van der Waals surface area contributed by atoms with Crippen LogP contribution in [0.1, 0.15) is 17.4 Å². The molecule has 6 nitrogen and oxygen atoms in total. The molecule has 1 atom stereocenters. The monoisotopic (exact) mass is 224 g/mol. The van der Waals surface area contributed by atoms with Crippen LogP contribution in [0.3, 0.4) is 0 Å². The van der Waals surface area contributed by atoms with Crippen molar-refractivity contribution in [1.29, 1.82) is 0 Å². The van der Waals surface area contributed by atoms with E-state index in [4.69, 9.17) is 10.6 Å². The Kier molecular flexibility index (Phi) is 4.68. The lowest BCUT2D eigenvalue weighted by Crippen LogP contribution is -2.36. The van der Waals surface area contributed by atoms with Gasteiger partial charge in [0.25, 0.3) is 5.91 Å². The van der Waals surface area contributed by atoms with Gasteiger partial charge in [-0.2, -0.15) is 0 Å². The summed E-state index contributed by atoms with van der Waals surface area (Å²) in [6, 6.07) is 3.19. The average Bonchev–Trinajstić information content (AvgIpc) is 2.29. The standard InChI is InChI=1S/C10H16N4O2/c1-7(6-16-2)13-10(15)9-5-8(14-11)3-4-12-9/h3-5,7H,6,11H2,1-2H3,(H,12,14)(H,13,15). The molecule has 1 unspecified atom stereocenters. The highest BCUT2D eigenvalue weighted by Gasteiger charge is 2.10. The van der Waals surface area contributed by atoms with E-state index < -0.39 is 0 Å². The first kappa shape index (κ1) is 12.4. The highest BCUT2D eigenvalue weighted by atomic mass is 16.5. The summed E-state index contributed by atoms with van der Waals surface area (Å²) >= 11 is 0. The third-order valence-corrected chi connectivity index (χ3v) is 1.95. The first-order valence-electron chi connectivity index (χ1n) is 4.90. The second kappa shape index (κ2) is 6.04. The number of ether oxygens (including phenoxy) is 1. The first-order valence-corrected chi connectivity index (χ1v) is 4.90. The zero-order valence-corrected chi connectivity index (χ0v) is 9.36. The van der Waals surface area contributed by atoms with Gasteiger partial charge >= 0.3 is 0 Å². The fraction of sp³-hybridized carbons (Fsp3) is 0.400. The molecule has 0 radical (unpaired) electrons. The number of carbonyl (C=O) groups excluding carboxylic acids is 1. The van der Waals surface area contributed by atoms with Crippen LogP contribution >= 0.6 is 0 Å². The summed E-state index contributed by atoms with van der Waals surface area (Å²) in [7, 11) is 1.58. The summed E-state index contributed by atoms with van der Waals surface area (Å²) in [6.07, 6.45) is 1.52. The van der Waals surface area contributed by atoms with Crippen molar-refractivity contribution in [2.75, 3.05) is 19.1 Å². The number of nitrogen functional groups attached to an aromatic ring is 1. The highest BCUT2D eigenvalue weighted by molar-refractivity contribution is 5.93. The van der Waals surface area contributed by atoms with Crippen molar-refractivity contribution in [2.24, 2.45) is 5.84 Å². The van der Waals surface area contributed by atoms with E-state index in [0.717, 1.165) is 0 Å². The maximum atomic E-state index is 11.7. The third-order valence-electron chi connectivity index (χ3n) is 1.95. The van der Waals surface area contributed by atoms with Gasteiger partial charge in [0.15, 0.2) is 0 Å². The lowest BCUT2D eigenvalue weighted by atomic mass is 10.3. The number of amides is 1. The molecule has 0 fully saturated rings. The van der Waals surface area contributed by atoms with E-state index in [1.807, 2.05) is 6.92 Å². The molecule has 4 N–H and O–H groups in total. The molecule has 0 spiro atoms. The zero-order chi connectivity index (χ0) is 12.0. The summed E-state index contributed by atoms with van der Waals surface area (Å²) in [5.41, 5.74) is 3.41. The summed E-state index contributed by atoms with van der Waals surface area (Å²) in [4.78, 5) is 15.7. The molecular weight excluding hydrogens is 208 g/mol. The molecule has 16 heavy (non-hydrogen) atoms. The normalized spacial score (nSPS) is 11.9. The van der Waals surface area contributed by atoms with Crippen molar-refractivity contribution in [3.8, 4) is 0 Å². The van der Waals surface area contributed by atoms with Crippen molar-refractivity contribution in [3.63, 3.8) is 0 Å². The second-order valence-corrected chi connectivity index (χ2v) is 3.40. The Morgan fingerprint density at radius 3 is 3.06 bits per heavy atom. The van der Waals surface area contributed by atoms with Crippen molar-refractivity contribution in [2.45, 2.75) is 13.0 Å². The van der Waals surface area contributed by atoms with Gasteiger partial charge < -0.3 is 15.5 Å². The number of pyridine rings is 1. The topological polar surface area (TPSA) is 89.3 Å². The highest BCUT2D eigenvalue weighted by Crippen LogP contribution is 2.05. The summed E-state index contributed by atoms with van der Waals surface area (Å²) in [5.74, 6) is 4.99. The number of nitrogens with one attached hydrogen (secondary N) is 2. The van der Waals surface area contributed by atoms with E-state index in [0.29, 0.717) is 18.0 Å². The molecule has 88 valence electrons. The minimum Gasteiger partial charge on any atom is -0.383 e. The van der Waals surface area contributed by atoms with Gasteiger partial charge in [0, 0.05) is 19.3 Å². The lowest BCUT2D eigenvalue weighted by molar-refractivity contribution is 0.0900. The Morgan fingerprint density at radius 1 is 1.69 bits per heavy atom. The number of nitrogens with zero attached hydrogens (tertiary/aromatic N) is 1. The molecule has 0 saturated carbocycles. The van der Waals surface area contributed by atoms with Crippen molar-refractivity contribution < 1.29 is 9.53 Å². The first-order chi connectivity index (χ1) is 7.67. The van der Waals surface area contributed by atoms with Gasteiger partial charge in [-0.3, -0.25) is 15.6 Å². The number of hydrogen-bond donors (Lipinski definition) is 3. The number of aromatic nitrogens is 1. The number of rotatable bonds is 5. The van der Waals surface area contributed by atoms with Crippen molar-refractivity contribution in [3.05, 3.63) is 24.0 Å². The molecule has 1 rings (SSSR count). The Labute approximate surface area is 94.2 Å². The van der Waals surface area contributed by atoms with E-state index in [-0.39, 0.29) is 11.9 Å². The molecule has 0 aliphatic rings. The van der Waals surface area contributed by atoms with Crippen molar-refractivity contribution >= 4 is 11.6 Å². The minimum absolute atomic E-state index is 0.0613. The minimum atomic E-state index is -0.248. The molecule has 0 aromatic carbocycles. The molecule has 1 aromatic rings. The van der Waals surface area contributed by atoms with E-state index >= 15 is 0 Å². The molecule has 1 amide bonds. The third kappa shape index (κ3) is 3.48. The molecular formula is C10H16N4O2. The smallest absolute Gasteiger partial charge is 0.270 e. The largest absolute Gasteiger partial charge is 0.383 e. The van der Waals surface area contributed by atoms with Crippen LogP contribution in [0.15, 0.2) is 18.3 Å². The summed E-state index contributed by atoms with van der Waals surface area (Å²) in [5, 5.41) is 2.75. The van der Waals surface area contributed by atoms with Gasteiger partial charge in [0.05, 0.1) is 12.3 Å². The number of methoxy groups -OCH3 is 1. The second-order valence-electron chi connectivity index (χ2n) is 3.40. The predicted molar refractivity (Wildman–Crippen MR) is 60.9 cm³/mol. The molecule has 0 aliphatic heterocycles. The van der Waals surface area contributed by atoms with Gasteiger partial charge in [-0.15, -0.1) is 0 Å². The Hall–Kier alpha value is -1.66. The van der Waals surface area contributed by atoms with Crippen LogP contribution in [0.2, 0.25) is 0 Å². The molecule has 0 aliphatic carbocycles. The fourth-order valence-electron chi connectivity index (χ4n) is 1.23. The summed E-state index contributed by atoms with van der Waals surface area (Å²) < 4.78 is 4.92. The fourth-order valence-corrected chi connectivity index (χ4v) is 1.23. The van der Waals surface area contributed by atoms with Crippen LogP contribution < -0.4 is 16.6 Å². The number of hydrazine groups is 1. The van der Waals surface area contributed by atoms with Gasteiger partial charge in [-0.25, -0.2) is 0 Å². The van der Waals surface area contributed by atoms with Gasteiger partial charge in [-0.1, -0.05) is 0 Å². The molecule has 0 saturated heterocycles. The van der Waals surface area contributed by atoms with Crippen LogP contribution in [-0.2, 0) is 4.74 Å². The number of nitrogens with two attached hydrogens (primary N) is 1. The van der Waals surface area contributed by atoms with E-state index in [2.05, 4.69) is 15.7 Å². The van der Waals surface area contributed by atoms with E-state index in [9.17, 15) is 4.79 Å². The number of hydrogen-bond acceptors (Lipinski definition) is 5. The van der Waals surface area contributed by atoms with Crippen LogP contribution in [0.4, 0.5) is 5.69 Å². The van der Waals surface area contributed by atoms with Crippen molar-refractivity contribution in [1.82, 2.24) is 10.3 Å². The Bertz CT molecular complexity index is 356. The van der Waals surface area contributed by atoms with Gasteiger partial charge in [0.2, 0.25) is 0 Å². The zero-order valence-electron chi connectivity index (χ0n) is 9.36. The number of anilines is 1. The molecule has 6 heteroatoms. The van der Waals surface area contributed by atoms with Crippen LogP contribution in [0.5, 0.6) is 0 Å². The van der Waals surface area contributed by atoms with Gasteiger partial charge in [0.1, 0.15) is 5.69 Å². The van der Waals surface area contributed by atoms with Crippen LogP contribution in [-0.4, -0.2) is 30.6 Å². The Balaban J connectivity index is 2.65. The van der Waals surface area contributed by atoms with Crippen LogP contribution in [0, 0.1) is 0 Å². The quantitative estimate of drug-likeness (QED) is 0.488. The van der Waals surface area contributed by atoms with Gasteiger partial charge in [-0.05, 0) is 19.1 Å². The summed E-state index contributed by atoms with van der Waals surface area (Å²) in [6.45, 7) is 2.31. The molecule has 1 aromatic heterocycles. The predicted octanol–water partition coefficient (Wildman–Crippen LogP) is 0.132.